The van der Waals surface area contributed by atoms with E-state index in [0.717, 1.165) is 62.3 Å². The number of H-pyrrole nitrogens is 1. The van der Waals surface area contributed by atoms with Gasteiger partial charge in [-0.2, -0.15) is 5.26 Å². The minimum absolute atomic E-state index is 0.191. The number of imidazole rings is 1. The Kier molecular flexibility index (Phi) is 4.18. The zero-order valence-electron chi connectivity index (χ0n) is 14.5. The number of hydrogen-bond donors (Lipinski definition) is 1. The Bertz CT molecular complexity index is 828. The molecule has 2 aromatic rings. The van der Waals surface area contributed by atoms with Gasteiger partial charge in [-0.3, -0.25) is 9.69 Å². The van der Waals surface area contributed by atoms with E-state index in [0.29, 0.717) is 17.5 Å². The highest BCUT2D eigenvalue weighted by atomic mass is 16.2. The Morgan fingerprint density at radius 2 is 2.08 bits per heavy atom. The van der Waals surface area contributed by atoms with Crippen LogP contribution in [-0.4, -0.2) is 57.9 Å². The second-order valence-corrected chi connectivity index (χ2v) is 7.18. The molecule has 2 fully saturated rings. The van der Waals surface area contributed by atoms with Gasteiger partial charge in [-0.05, 0) is 44.0 Å². The van der Waals surface area contributed by atoms with Gasteiger partial charge in [0.15, 0.2) is 0 Å². The van der Waals surface area contributed by atoms with Crippen LogP contribution in [0, 0.1) is 11.3 Å². The minimum Gasteiger partial charge on any atom is -0.343 e. The lowest BCUT2D eigenvalue weighted by Crippen LogP contribution is -2.45. The normalized spacial score (nSPS) is 22.4. The van der Waals surface area contributed by atoms with E-state index in [-0.39, 0.29) is 5.91 Å². The predicted molar refractivity (Wildman–Crippen MR) is 95.0 cm³/mol. The molecule has 0 radical (unpaired) electrons. The number of aromatic amines is 1. The lowest BCUT2D eigenvalue weighted by atomic mass is 10.0. The number of carbonyl (C=O) groups is 1. The number of nitriles is 1. The van der Waals surface area contributed by atoms with Gasteiger partial charge in [0.1, 0.15) is 5.82 Å². The van der Waals surface area contributed by atoms with Gasteiger partial charge in [-0.15, -0.1) is 0 Å². The Labute approximate surface area is 147 Å². The molecule has 130 valence electrons. The smallest absolute Gasteiger partial charge is 0.219 e. The highest BCUT2D eigenvalue weighted by Gasteiger charge is 2.32. The van der Waals surface area contributed by atoms with Crippen LogP contribution in [0.15, 0.2) is 18.2 Å². The van der Waals surface area contributed by atoms with Crippen LogP contribution in [0.2, 0.25) is 0 Å². The maximum atomic E-state index is 11.5. The molecule has 1 aromatic carbocycles. The van der Waals surface area contributed by atoms with Gasteiger partial charge in [0.2, 0.25) is 5.91 Å². The van der Waals surface area contributed by atoms with Crippen molar-refractivity contribution in [3.8, 4) is 6.07 Å². The molecule has 0 aliphatic carbocycles. The third kappa shape index (κ3) is 3.12. The average Bonchev–Trinajstić information content (AvgIpc) is 3.27. The number of fused-ring (bicyclic) bond motifs is 1. The second-order valence-electron chi connectivity index (χ2n) is 7.18. The molecule has 2 aliphatic heterocycles. The number of carbonyl (C=O) groups excluding carboxylic acids is 1. The van der Waals surface area contributed by atoms with Gasteiger partial charge < -0.3 is 9.88 Å². The third-order valence-electron chi connectivity index (χ3n) is 5.66. The van der Waals surface area contributed by atoms with Crippen LogP contribution < -0.4 is 0 Å². The van der Waals surface area contributed by atoms with E-state index in [1.54, 1.807) is 6.92 Å². The van der Waals surface area contributed by atoms with Gasteiger partial charge in [-0.25, -0.2) is 4.98 Å². The van der Waals surface area contributed by atoms with E-state index in [1.807, 2.05) is 23.1 Å². The van der Waals surface area contributed by atoms with Crippen molar-refractivity contribution in [1.82, 2.24) is 19.8 Å². The van der Waals surface area contributed by atoms with E-state index in [1.165, 1.54) is 0 Å². The average molecular weight is 337 g/mol. The summed E-state index contributed by atoms with van der Waals surface area (Å²) in [5, 5.41) is 9.03. The molecule has 3 heterocycles. The van der Waals surface area contributed by atoms with Crippen molar-refractivity contribution in [2.24, 2.45) is 0 Å². The quantitative estimate of drug-likeness (QED) is 0.912. The summed E-state index contributed by atoms with van der Waals surface area (Å²) < 4.78 is 0. The number of hydrogen-bond acceptors (Lipinski definition) is 4. The molecule has 2 aliphatic rings. The first-order valence-corrected chi connectivity index (χ1v) is 9.03. The van der Waals surface area contributed by atoms with Crippen LogP contribution in [0.5, 0.6) is 0 Å². The van der Waals surface area contributed by atoms with Crippen LogP contribution in [0.25, 0.3) is 11.0 Å². The predicted octanol–water partition coefficient (Wildman–Crippen LogP) is 2.23. The van der Waals surface area contributed by atoms with Crippen LogP contribution in [0.3, 0.4) is 0 Å². The summed E-state index contributed by atoms with van der Waals surface area (Å²) >= 11 is 0. The Morgan fingerprint density at radius 1 is 1.28 bits per heavy atom. The minimum atomic E-state index is 0.191. The number of nitrogens with zero attached hydrogens (tertiary/aromatic N) is 4. The molecule has 4 rings (SSSR count). The maximum absolute atomic E-state index is 11.5. The number of nitrogens with one attached hydrogen (secondary N) is 1. The van der Waals surface area contributed by atoms with Crippen LogP contribution in [0.4, 0.5) is 0 Å². The van der Waals surface area contributed by atoms with E-state index in [4.69, 9.17) is 10.2 Å². The van der Waals surface area contributed by atoms with Crippen molar-refractivity contribution in [3.05, 3.63) is 29.6 Å². The van der Waals surface area contributed by atoms with E-state index >= 15 is 0 Å². The topological polar surface area (TPSA) is 76.0 Å². The Balaban J connectivity index is 1.42. The third-order valence-corrected chi connectivity index (χ3v) is 5.66. The first-order chi connectivity index (χ1) is 12.1. The van der Waals surface area contributed by atoms with Gasteiger partial charge >= 0.3 is 0 Å². The zero-order chi connectivity index (χ0) is 17.4. The summed E-state index contributed by atoms with van der Waals surface area (Å²) in [6.45, 7) is 5.53. The highest BCUT2D eigenvalue weighted by Crippen LogP contribution is 2.30. The van der Waals surface area contributed by atoms with Crippen molar-refractivity contribution in [3.63, 3.8) is 0 Å². The van der Waals surface area contributed by atoms with Gasteiger partial charge in [-0.1, -0.05) is 0 Å². The number of benzene rings is 1. The number of likely N-dealkylation sites (tertiary alicyclic amines) is 2. The monoisotopic (exact) mass is 337 g/mol. The fraction of sp³-hybridized carbons (Fsp3) is 0.526. The fourth-order valence-electron chi connectivity index (χ4n) is 4.18. The first-order valence-electron chi connectivity index (χ1n) is 9.03. The standard InChI is InChI=1S/C19H23N5O/c1-13(25)23-8-5-16(6-9-23)24-7-4-15(12-24)19-21-17-3-2-14(11-20)10-18(17)22-19/h2-3,10,15-16H,4-9,12H2,1H3,(H,21,22)/t15-/m0/s1. The number of aromatic nitrogens is 2. The molecular weight excluding hydrogens is 314 g/mol. The number of rotatable bonds is 2. The summed E-state index contributed by atoms with van der Waals surface area (Å²) in [6, 6.07) is 8.36. The highest BCUT2D eigenvalue weighted by molar-refractivity contribution is 5.76. The van der Waals surface area contributed by atoms with Crippen molar-refractivity contribution in [2.75, 3.05) is 26.2 Å². The van der Waals surface area contributed by atoms with Gasteiger partial charge in [0.25, 0.3) is 0 Å². The molecule has 0 unspecified atom stereocenters. The van der Waals surface area contributed by atoms with Crippen molar-refractivity contribution >= 4 is 16.9 Å². The van der Waals surface area contributed by atoms with E-state index in [9.17, 15) is 4.79 Å². The molecule has 6 nitrogen and oxygen atoms in total. The molecule has 0 saturated carbocycles. The molecule has 1 aromatic heterocycles. The molecule has 6 heteroatoms. The summed E-state index contributed by atoms with van der Waals surface area (Å²) in [4.78, 5) is 24.2. The molecule has 1 atom stereocenters. The first kappa shape index (κ1) is 16.1. The molecule has 2 saturated heterocycles. The molecule has 0 bridgehead atoms. The zero-order valence-corrected chi connectivity index (χ0v) is 14.5. The summed E-state index contributed by atoms with van der Waals surface area (Å²) in [6.07, 6.45) is 3.24. The largest absolute Gasteiger partial charge is 0.343 e. The second kappa shape index (κ2) is 6.49. The van der Waals surface area contributed by atoms with Crippen molar-refractivity contribution in [1.29, 1.82) is 5.26 Å². The maximum Gasteiger partial charge on any atom is 0.219 e. The Hall–Kier alpha value is -2.39. The molecule has 25 heavy (non-hydrogen) atoms. The van der Waals surface area contributed by atoms with Crippen LogP contribution in [-0.2, 0) is 4.79 Å². The lowest BCUT2D eigenvalue weighted by Gasteiger charge is -2.36. The molecule has 0 spiro atoms. The van der Waals surface area contributed by atoms with Crippen LogP contribution in [0.1, 0.15) is 43.5 Å². The lowest BCUT2D eigenvalue weighted by molar-refractivity contribution is -0.130. The molecule has 1 N–H and O–H groups in total. The number of piperidine rings is 1. The van der Waals surface area contributed by atoms with Gasteiger partial charge in [0, 0.05) is 38.5 Å². The summed E-state index contributed by atoms with van der Waals surface area (Å²) in [7, 11) is 0. The van der Waals surface area contributed by atoms with E-state index < -0.39 is 0 Å². The summed E-state index contributed by atoms with van der Waals surface area (Å²) in [5.74, 6) is 1.65. The van der Waals surface area contributed by atoms with E-state index in [2.05, 4.69) is 16.0 Å². The molecular formula is C19H23N5O. The fourth-order valence-corrected chi connectivity index (χ4v) is 4.18. The van der Waals surface area contributed by atoms with Crippen molar-refractivity contribution in [2.45, 2.75) is 38.1 Å². The number of amides is 1. The summed E-state index contributed by atoms with van der Waals surface area (Å²) in [5.41, 5.74) is 2.54. The van der Waals surface area contributed by atoms with Gasteiger partial charge in [0.05, 0.1) is 22.7 Å². The molecule has 1 amide bonds. The SMILES string of the molecule is CC(=O)N1CCC(N2CC[C@H](c3nc4ccc(C#N)cc4[nH]3)C2)CC1. The Morgan fingerprint density at radius 3 is 2.80 bits per heavy atom. The van der Waals surface area contributed by atoms with Crippen molar-refractivity contribution < 1.29 is 4.79 Å². The van der Waals surface area contributed by atoms with Crippen LogP contribution >= 0.6 is 0 Å².